The Morgan fingerprint density at radius 3 is 2.57 bits per heavy atom. The molecule has 6 nitrogen and oxygen atoms in total. The lowest BCUT2D eigenvalue weighted by molar-refractivity contribution is -0.140. The van der Waals surface area contributed by atoms with E-state index in [1.807, 2.05) is 6.92 Å². The van der Waals surface area contributed by atoms with E-state index in [9.17, 15) is 14.4 Å². The van der Waals surface area contributed by atoms with E-state index in [0.717, 1.165) is 0 Å². The summed E-state index contributed by atoms with van der Waals surface area (Å²) in [6.45, 7) is 4.03. The molecular weight excluding hydrogens is 272 g/mol. The Bertz CT molecular complexity index is 528. The topological polar surface area (TPSA) is 75.7 Å². The number of ether oxygens (including phenoxy) is 1. The summed E-state index contributed by atoms with van der Waals surface area (Å²) >= 11 is 0. The third-order valence-electron chi connectivity index (χ3n) is 2.91. The standard InChI is InChI=1S/C15H20N2O4/c1-4-17(9-8-14(19)21-3)15(20)12-6-5-7-13(10-12)16-11(2)18/h5-7,10H,4,8-9H2,1-3H3,(H,16,18). The second-order valence-electron chi connectivity index (χ2n) is 4.47. The number of hydrogen-bond acceptors (Lipinski definition) is 4. The van der Waals surface area contributed by atoms with E-state index in [-0.39, 0.29) is 24.2 Å². The van der Waals surface area contributed by atoms with Crippen molar-refractivity contribution in [1.29, 1.82) is 0 Å². The molecule has 114 valence electrons. The molecule has 0 aliphatic rings. The lowest BCUT2D eigenvalue weighted by Gasteiger charge is -2.20. The number of anilines is 1. The fraction of sp³-hybridized carbons (Fsp3) is 0.400. The fourth-order valence-electron chi connectivity index (χ4n) is 1.85. The first kappa shape index (κ1) is 16.7. The Kier molecular flexibility index (Phi) is 6.39. The van der Waals surface area contributed by atoms with Gasteiger partial charge < -0.3 is 15.0 Å². The van der Waals surface area contributed by atoms with Gasteiger partial charge in [-0.15, -0.1) is 0 Å². The quantitative estimate of drug-likeness (QED) is 0.809. The summed E-state index contributed by atoms with van der Waals surface area (Å²) in [6.07, 6.45) is 0.154. The molecule has 0 unspecified atom stereocenters. The van der Waals surface area contributed by atoms with Crippen LogP contribution in [0.4, 0.5) is 5.69 Å². The van der Waals surface area contributed by atoms with Crippen LogP contribution in [0, 0.1) is 0 Å². The normalized spacial score (nSPS) is 9.86. The number of rotatable bonds is 6. The van der Waals surface area contributed by atoms with E-state index in [2.05, 4.69) is 10.1 Å². The van der Waals surface area contributed by atoms with Crippen LogP contribution in [-0.4, -0.2) is 42.9 Å². The minimum Gasteiger partial charge on any atom is -0.469 e. The molecule has 0 atom stereocenters. The summed E-state index contributed by atoms with van der Waals surface area (Å²) in [6, 6.07) is 6.70. The van der Waals surface area contributed by atoms with Crippen LogP contribution in [0.3, 0.4) is 0 Å². The van der Waals surface area contributed by atoms with Gasteiger partial charge in [0.25, 0.3) is 5.91 Å². The van der Waals surface area contributed by atoms with Gasteiger partial charge in [-0.1, -0.05) is 6.07 Å². The average Bonchev–Trinajstić information content (AvgIpc) is 2.46. The minimum atomic E-state index is -0.353. The van der Waals surface area contributed by atoms with Crippen molar-refractivity contribution in [3.8, 4) is 0 Å². The highest BCUT2D eigenvalue weighted by Gasteiger charge is 2.16. The van der Waals surface area contributed by atoms with E-state index in [1.54, 1.807) is 29.2 Å². The average molecular weight is 292 g/mol. The van der Waals surface area contributed by atoms with Crippen LogP contribution in [0.5, 0.6) is 0 Å². The molecule has 0 saturated heterocycles. The maximum Gasteiger partial charge on any atom is 0.307 e. The van der Waals surface area contributed by atoms with E-state index < -0.39 is 0 Å². The molecule has 0 aliphatic heterocycles. The number of carbonyl (C=O) groups excluding carboxylic acids is 3. The Labute approximate surface area is 124 Å². The van der Waals surface area contributed by atoms with Crippen LogP contribution in [0.25, 0.3) is 0 Å². The summed E-state index contributed by atoms with van der Waals surface area (Å²) in [5.41, 5.74) is 1.03. The van der Waals surface area contributed by atoms with Crippen LogP contribution in [0.1, 0.15) is 30.6 Å². The minimum absolute atomic E-state index is 0.154. The molecule has 0 radical (unpaired) electrons. The van der Waals surface area contributed by atoms with Crippen LogP contribution < -0.4 is 5.32 Å². The third-order valence-corrected chi connectivity index (χ3v) is 2.91. The van der Waals surface area contributed by atoms with Gasteiger partial charge >= 0.3 is 5.97 Å². The zero-order chi connectivity index (χ0) is 15.8. The van der Waals surface area contributed by atoms with E-state index >= 15 is 0 Å². The van der Waals surface area contributed by atoms with Crippen molar-refractivity contribution in [1.82, 2.24) is 4.90 Å². The molecular formula is C15H20N2O4. The highest BCUT2D eigenvalue weighted by molar-refractivity contribution is 5.97. The zero-order valence-electron chi connectivity index (χ0n) is 12.5. The highest BCUT2D eigenvalue weighted by Crippen LogP contribution is 2.13. The first-order chi connectivity index (χ1) is 9.97. The van der Waals surface area contributed by atoms with Gasteiger partial charge in [0.2, 0.25) is 5.91 Å². The van der Waals surface area contributed by atoms with Crippen molar-refractivity contribution in [2.45, 2.75) is 20.3 Å². The van der Waals surface area contributed by atoms with E-state index in [4.69, 9.17) is 0 Å². The third kappa shape index (κ3) is 5.25. The maximum absolute atomic E-state index is 12.4. The number of esters is 1. The van der Waals surface area contributed by atoms with Gasteiger partial charge in [-0.3, -0.25) is 14.4 Å². The van der Waals surface area contributed by atoms with Crippen molar-refractivity contribution < 1.29 is 19.1 Å². The molecule has 0 spiro atoms. The van der Waals surface area contributed by atoms with Crippen molar-refractivity contribution >= 4 is 23.5 Å². The predicted octanol–water partition coefficient (Wildman–Crippen LogP) is 1.67. The Hall–Kier alpha value is -2.37. The van der Waals surface area contributed by atoms with Crippen molar-refractivity contribution in [3.05, 3.63) is 29.8 Å². The van der Waals surface area contributed by atoms with Crippen molar-refractivity contribution in [2.75, 3.05) is 25.5 Å². The molecule has 1 aromatic carbocycles. The summed E-state index contributed by atoms with van der Waals surface area (Å²) in [7, 11) is 1.32. The number of amides is 2. The number of benzene rings is 1. The van der Waals surface area contributed by atoms with E-state index in [1.165, 1.54) is 14.0 Å². The monoisotopic (exact) mass is 292 g/mol. The Balaban J connectivity index is 2.79. The molecule has 1 N–H and O–H groups in total. The second kappa shape index (κ2) is 8.04. The molecule has 0 fully saturated rings. The van der Waals surface area contributed by atoms with Gasteiger partial charge in [0.15, 0.2) is 0 Å². The summed E-state index contributed by atoms with van der Waals surface area (Å²) in [5.74, 6) is -0.737. The molecule has 0 bridgehead atoms. The van der Waals surface area contributed by atoms with Crippen molar-refractivity contribution in [3.63, 3.8) is 0 Å². The summed E-state index contributed by atoms with van der Waals surface area (Å²) < 4.78 is 4.57. The second-order valence-corrected chi connectivity index (χ2v) is 4.47. The molecule has 6 heteroatoms. The van der Waals surface area contributed by atoms with Gasteiger partial charge in [-0.25, -0.2) is 0 Å². The lowest BCUT2D eigenvalue weighted by atomic mass is 10.1. The van der Waals surface area contributed by atoms with Gasteiger partial charge in [-0.05, 0) is 25.1 Å². The summed E-state index contributed by atoms with van der Waals surface area (Å²) in [5, 5.41) is 2.63. The number of hydrogen-bond donors (Lipinski definition) is 1. The first-order valence-electron chi connectivity index (χ1n) is 6.71. The molecule has 0 aromatic heterocycles. The van der Waals surface area contributed by atoms with Gasteiger partial charge in [0, 0.05) is 31.3 Å². The first-order valence-corrected chi connectivity index (χ1v) is 6.71. The molecule has 0 saturated carbocycles. The smallest absolute Gasteiger partial charge is 0.307 e. The number of nitrogens with zero attached hydrogens (tertiary/aromatic N) is 1. The fourth-order valence-corrected chi connectivity index (χ4v) is 1.85. The predicted molar refractivity (Wildman–Crippen MR) is 79.0 cm³/mol. The summed E-state index contributed by atoms with van der Waals surface area (Å²) in [4.78, 5) is 36.1. The van der Waals surface area contributed by atoms with E-state index in [0.29, 0.717) is 24.3 Å². The Morgan fingerprint density at radius 1 is 1.29 bits per heavy atom. The van der Waals surface area contributed by atoms with Gasteiger partial charge in [-0.2, -0.15) is 0 Å². The number of nitrogens with one attached hydrogen (secondary N) is 1. The molecule has 0 aliphatic carbocycles. The van der Waals surface area contributed by atoms with Crippen LogP contribution in [0.2, 0.25) is 0 Å². The van der Waals surface area contributed by atoms with Gasteiger partial charge in [0.05, 0.1) is 13.5 Å². The number of carbonyl (C=O) groups is 3. The molecule has 0 heterocycles. The lowest BCUT2D eigenvalue weighted by Crippen LogP contribution is -2.33. The van der Waals surface area contributed by atoms with Gasteiger partial charge in [0.1, 0.15) is 0 Å². The Morgan fingerprint density at radius 2 is 2.00 bits per heavy atom. The zero-order valence-corrected chi connectivity index (χ0v) is 12.5. The largest absolute Gasteiger partial charge is 0.469 e. The molecule has 1 aromatic rings. The maximum atomic E-state index is 12.4. The molecule has 1 rings (SSSR count). The molecule has 2 amide bonds. The highest BCUT2D eigenvalue weighted by atomic mass is 16.5. The van der Waals surface area contributed by atoms with Crippen molar-refractivity contribution in [2.24, 2.45) is 0 Å². The van der Waals surface area contributed by atoms with Crippen LogP contribution in [-0.2, 0) is 14.3 Å². The SMILES string of the molecule is CCN(CCC(=O)OC)C(=O)c1cccc(NC(C)=O)c1. The van der Waals surface area contributed by atoms with Crippen LogP contribution >= 0.6 is 0 Å². The molecule has 21 heavy (non-hydrogen) atoms. The number of methoxy groups -OCH3 is 1. The van der Waals surface area contributed by atoms with Crippen LogP contribution in [0.15, 0.2) is 24.3 Å².